The van der Waals surface area contributed by atoms with Gasteiger partial charge in [-0.15, -0.1) is 0 Å². The Bertz CT molecular complexity index is 6.00. The zero-order valence-corrected chi connectivity index (χ0v) is 6.18. The maximum atomic E-state index is 0. The molecule has 0 fully saturated rings. The molecule has 0 aliphatic carbocycles. The van der Waals surface area contributed by atoms with E-state index < -0.39 is 0 Å². The van der Waals surface area contributed by atoms with E-state index in [1.54, 1.807) is 0 Å². The molecule has 0 aromatic carbocycles. The van der Waals surface area contributed by atoms with Crippen LogP contribution in [0.1, 0.15) is 0 Å². The Balaban J connectivity index is 0. The van der Waals surface area contributed by atoms with Gasteiger partial charge in [0.2, 0.25) is 0 Å². The van der Waals surface area contributed by atoms with E-state index >= 15 is 0 Å². The fourth-order valence-corrected chi connectivity index (χ4v) is 0. The minimum atomic E-state index is 0. The normalized spacial score (nSPS) is 0. The van der Waals surface area contributed by atoms with Crippen molar-refractivity contribution in [1.82, 2.24) is 0 Å². The van der Waals surface area contributed by atoms with E-state index in [-0.39, 0.29) is 67.6 Å². The smallest absolute Gasteiger partial charge is 0 e. The first-order valence-electron chi connectivity index (χ1n) is 0. The van der Waals surface area contributed by atoms with Crippen molar-refractivity contribution in [1.29, 1.82) is 0 Å². The van der Waals surface area contributed by atoms with Gasteiger partial charge in [0, 0.05) is 51.2 Å². The molecule has 0 aromatic rings. The summed E-state index contributed by atoms with van der Waals surface area (Å²) in [5, 5.41) is 0. The van der Waals surface area contributed by atoms with Gasteiger partial charge in [0.1, 0.15) is 0 Å². The SMILES string of the molecule is O.O.O.[Mn].[Mn].[Mn]. The first-order valence-corrected chi connectivity index (χ1v) is 0. The maximum Gasteiger partial charge on any atom is 0 e. The maximum absolute atomic E-state index is 0. The van der Waals surface area contributed by atoms with Crippen LogP contribution in [0.4, 0.5) is 0 Å². The molecule has 0 rings (SSSR count). The van der Waals surface area contributed by atoms with Crippen LogP contribution in [0.3, 0.4) is 0 Å². The average Bonchev–Trinajstić information content (AvgIpc) is 0. The molecular weight excluding hydrogens is 213 g/mol. The van der Waals surface area contributed by atoms with Gasteiger partial charge in [-0.2, -0.15) is 0 Å². The molecule has 45 valence electrons. The molecule has 0 saturated carbocycles. The first-order chi connectivity index (χ1) is 0. The molecule has 3 radical (unpaired) electrons. The largest absolute Gasteiger partial charge is 0.412 e. The van der Waals surface area contributed by atoms with Crippen molar-refractivity contribution in [2.75, 3.05) is 0 Å². The number of hydrogen-bond donors (Lipinski definition) is 0. The van der Waals surface area contributed by atoms with Gasteiger partial charge >= 0.3 is 0 Å². The molecule has 0 aliphatic rings. The molecule has 0 aromatic heterocycles. The molecule has 0 atom stereocenters. The molecule has 0 unspecified atom stereocenters. The zero-order valence-electron chi connectivity index (χ0n) is 2.63. The molecule has 3 nitrogen and oxygen atoms in total. The third-order valence-corrected chi connectivity index (χ3v) is 0. The van der Waals surface area contributed by atoms with Crippen LogP contribution in [-0.4, -0.2) is 16.4 Å². The molecule has 0 aliphatic heterocycles. The van der Waals surface area contributed by atoms with Crippen LogP contribution < -0.4 is 0 Å². The minimum absolute atomic E-state index is 0. The standard InChI is InChI=1S/3Mn.3H2O/h;;;3*1H2. The Hall–Kier alpha value is 1.44. The van der Waals surface area contributed by atoms with E-state index in [1.165, 1.54) is 0 Å². The third kappa shape index (κ3) is 51.8. The van der Waals surface area contributed by atoms with Gasteiger partial charge in [0.05, 0.1) is 0 Å². The molecular formula is H6Mn3O3. The van der Waals surface area contributed by atoms with Crippen molar-refractivity contribution in [3.63, 3.8) is 0 Å². The van der Waals surface area contributed by atoms with Crippen LogP contribution >= 0.6 is 0 Å². The molecule has 0 saturated heterocycles. The summed E-state index contributed by atoms with van der Waals surface area (Å²) in [4.78, 5) is 0. The third-order valence-electron chi connectivity index (χ3n) is 0. The fraction of sp³-hybridized carbons (Fsp3) is 0. The van der Waals surface area contributed by atoms with E-state index in [0.717, 1.165) is 0 Å². The Morgan fingerprint density at radius 2 is 0.333 bits per heavy atom. The number of hydrogen-bond acceptors (Lipinski definition) is 0. The summed E-state index contributed by atoms with van der Waals surface area (Å²) < 4.78 is 0. The molecule has 6 N–H and O–H groups in total. The molecule has 0 amide bonds. The van der Waals surface area contributed by atoms with E-state index in [4.69, 9.17) is 0 Å². The summed E-state index contributed by atoms with van der Waals surface area (Å²) >= 11 is 0. The number of rotatable bonds is 0. The van der Waals surface area contributed by atoms with Crippen molar-refractivity contribution in [3.8, 4) is 0 Å². The molecule has 6 heteroatoms. The summed E-state index contributed by atoms with van der Waals surface area (Å²) in [5.74, 6) is 0. The van der Waals surface area contributed by atoms with Gasteiger partial charge in [-0.05, 0) is 0 Å². The van der Waals surface area contributed by atoms with Crippen LogP contribution in [-0.2, 0) is 51.2 Å². The van der Waals surface area contributed by atoms with Crippen LogP contribution in [0.5, 0.6) is 0 Å². The van der Waals surface area contributed by atoms with Gasteiger partial charge in [-0.25, -0.2) is 0 Å². The quantitative estimate of drug-likeness (QED) is 0.403. The second-order valence-electron chi connectivity index (χ2n) is 0. The predicted octanol–water partition coefficient (Wildman–Crippen LogP) is -2.48. The Morgan fingerprint density at radius 1 is 0.333 bits per heavy atom. The van der Waals surface area contributed by atoms with Crippen molar-refractivity contribution in [3.05, 3.63) is 0 Å². The van der Waals surface area contributed by atoms with Crippen LogP contribution in [0.25, 0.3) is 0 Å². The summed E-state index contributed by atoms with van der Waals surface area (Å²) in [6.07, 6.45) is 0. The van der Waals surface area contributed by atoms with Crippen molar-refractivity contribution < 1.29 is 67.6 Å². The molecule has 6 heavy (non-hydrogen) atoms. The van der Waals surface area contributed by atoms with Crippen molar-refractivity contribution >= 4 is 0 Å². The van der Waals surface area contributed by atoms with E-state index in [1.807, 2.05) is 0 Å². The summed E-state index contributed by atoms with van der Waals surface area (Å²) in [6.45, 7) is 0. The monoisotopic (exact) mass is 219 g/mol. The van der Waals surface area contributed by atoms with Crippen molar-refractivity contribution in [2.24, 2.45) is 0 Å². The Kier molecular flexibility index (Phi) is 2290. The Labute approximate surface area is 67.6 Å². The summed E-state index contributed by atoms with van der Waals surface area (Å²) in [5.41, 5.74) is 0. The van der Waals surface area contributed by atoms with Gasteiger partial charge in [0.25, 0.3) is 0 Å². The Morgan fingerprint density at radius 3 is 0.333 bits per heavy atom. The second-order valence-corrected chi connectivity index (χ2v) is 0. The van der Waals surface area contributed by atoms with Gasteiger partial charge in [0.15, 0.2) is 0 Å². The zero-order chi connectivity index (χ0) is 0. The average molecular weight is 219 g/mol. The van der Waals surface area contributed by atoms with Crippen LogP contribution in [0.15, 0.2) is 0 Å². The fourth-order valence-electron chi connectivity index (χ4n) is 0. The topological polar surface area (TPSA) is 94.5 Å². The first kappa shape index (κ1) is 149. The summed E-state index contributed by atoms with van der Waals surface area (Å²) in [7, 11) is 0. The molecule has 0 bridgehead atoms. The minimum Gasteiger partial charge on any atom is -0.412 e. The van der Waals surface area contributed by atoms with Crippen LogP contribution in [0, 0.1) is 0 Å². The van der Waals surface area contributed by atoms with Gasteiger partial charge in [-0.3, -0.25) is 0 Å². The summed E-state index contributed by atoms with van der Waals surface area (Å²) in [6, 6.07) is 0. The second kappa shape index (κ2) is 92.0. The van der Waals surface area contributed by atoms with E-state index in [0.29, 0.717) is 0 Å². The van der Waals surface area contributed by atoms with E-state index in [2.05, 4.69) is 0 Å². The van der Waals surface area contributed by atoms with Crippen molar-refractivity contribution in [2.45, 2.75) is 0 Å². The van der Waals surface area contributed by atoms with E-state index in [9.17, 15) is 0 Å². The van der Waals surface area contributed by atoms with Crippen LogP contribution in [0.2, 0.25) is 0 Å². The van der Waals surface area contributed by atoms with Gasteiger partial charge in [-0.1, -0.05) is 0 Å². The van der Waals surface area contributed by atoms with Gasteiger partial charge < -0.3 is 16.4 Å². The predicted molar refractivity (Wildman–Crippen MR) is 10.8 cm³/mol. The molecule has 0 heterocycles. The molecule has 0 spiro atoms.